The molecule has 0 saturated heterocycles. The van der Waals surface area contributed by atoms with Gasteiger partial charge < -0.3 is 14.6 Å². The zero-order valence-electron chi connectivity index (χ0n) is 30.2. The number of aliphatic hydroxyl groups is 1. The molecule has 0 bridgehead atoms. The first-order chi connectivity index (χ1) is 27.0. The van der Waals surface area contributed by atoms with Crippen LogP contribution in [0.25, 0.3) is 44.8 Å². The van der Waals surface area contributed by atoms with Crippen molar-refractivity contribution in [2.75, 3.05) is 0 Å². The summed E-state index contributed by atoms with van der Waals surface area (Å²) in [6.07, 6.45) is 8.75. The molecule has 3 unspecified atom stereocenters. The fraction of sp³-hybridized carbons (Fsp3) is 0.0769. The van der Waals surface area contributed by atoms with Crippen molar-refractivity contribution in [3.8, 4) is 22.6 Å². The molecule has 1 N–H and O–H groups in total. The van der Waals surface area contributed by atoms with E-state index < -0.39 is 16.8 Å². The van der Waals surface area contributed by atoms with Crippen molar-refractivity contribution in [2.24, 2.45) is 0 Å². The largest absolute Gasteiger partial charge is 0.473 e. The predicted octanol–water partition coefficient (Wildman–Crippen LogP) is 11.9. The van der Waals surface area contributed by atoms with Gasteiger partial charge in [-0.25, -0.2) is 0 Å². The highest BCUT2D eigenvalue weighted by Gasteiger charge is 2.46. The van der Waals surface area contributed by atoms with Crippen LogP contribution in [-0.4, -0.2) is 5.11 Å². The van der Waals surface area contributed by atoms with Crippen molar-refractivity contribution in [1.29, 1.82) is 0 Å². The predicted molar refractivity (Wildman–Crippen MR) is 222 cm³/mol. The molecule has 0 radical (unpaired) electrons. The maximum absolute atomic E-state index is 12.3. The van der Waals surface area contributed by atoms with E-state index in [0.717, 1.165) is 77.9 Å². The van der Waals surface area contributed by atoms with Gasteiger partial charge >= 0.3 is 0 Å². The van der Waals surface area contributed by atoms with Crippen molar-refractivity contribution in [2.45, 2.75) is 23.7 Å². The average Bonchev–Trinajstić information content (AvgIpc) is 3.50. The van der Waals surface area contributed by atoms with Gasteiger partial charge in [-0.1, -0.05) is 170 Å². The van der Waals surface area contributed by atoms with Gasteiger partial charge in [0.2, 0.25) is 0 Å². The Morgan fingerprint density at radius 1 is 0.455 bits per heavy atom. The Morgan fingerprint density at radius 2 is 0.982 bits per heavy atom. The number of fused-ring (bicyclic) bond motifs is 11. The highest BCUT2D eigenvalue weighted by molar-refractivity contribution is 6.08. The maximum atomic E-state index is 12.3. The molecule has 2 aliphatic heterocycles. The molecule has 3 nitrogen and oxygen atoms in total. The minimum atomic E-state index is -1.19. The molecule has 8 aromatic carbocycles. The average molecular weight is 709 g/mol. The minimum Gasteiger partial charge on any atom is -0.473 e. The summed E-state index contributed by atoms with van der Waals surface area (Å²) in [5, 5.41) is 16.7. The van der Waals surface area contributed by atoms with Crippen LogP contribution >= 0.6 is 0 Å². The Morgan fingerprint density at radius 3 is 1.67 bits per heavy atom. The van der Waals surface area contributed by atoms with Gasteiger partial charge in [0.15, 0.2) is 11.2 Å². The second-order valence-electron chi connectivity index (χ2n) is 15.0. The van der Waals surface area contributed by atoms with Crippen LogP contribution < -0.4 is 9.47 Å². The van der Waals surface area contributed by atoms with Crippen LogP contribution in [0.3, 0.4) is 0 Å². The van der Waals surface area contributed by atoms with E-state index in [0.29, 0.717) is 0 Å². The normalized spacial score (nSPS) is 21.6. The first-order valence-corrected chi connectivity index (χ1v) is 18.9. The van der Waals surface area contributed by atoms with E-state index in [-0.39, 0.29) is 0 Å². The van der Waals surface area contributed by atoms with Crippen LogP contribution in [0.15, 0.2) is 182 Å². The number of hydrogen-bond acceptors (Lipinski definition) is 3. The standard InChI is InChI=1S/C52H36O3/c1-50(53)45-23-13-12-22-43(45)47-41-20-10-11-21-42(41)49-44(48(47)50)31-33-52(55-49,36-17-6-3-7-18-36)38-27-25-37(26-28-38)51(35-15-4-2-5-16-35)32-30-40-39-19-9-8-14-34(39)24-29-46(40)54-51/h2-33,53H,1H3. The van der Waals surface area contributed by atoms with E-state index in [9.17, 15) is 5.11 Å². The van der Waals surface area contributed by atoms with E-state index in [1.54, 1.807) is 0 Å². The van der Waals surface area contributed by atoms with Crippen LogP contribution in [0.4, 0.5) is 0 Å². The molecule has 3 aliphatic rings. The monoisotopic (exact) mass is 708 g/mol. The van der Waals surface area contributed by atoms with Crippen LogP contribution in [0.5, 0.6) is 11.5 Å². The van der Waals surface area contributed by atoms with Gasteiger partial charge in [-0.2, -0.15) is 0 Å². The molecule has 262 valence electrons. The molecule has 0 spiro atoms. The highest BCUT2D eigenvalue weighted by atomic mass is 16.5. The van der Waals surface area contributed by atoms with Crippen molar-refractivity contribution in [3.63, 3.8) is 0 Å². The molecule has 0 fully saturated rings. The molecule has 8 aromatic rings. The topological polar surface area (TPSA) is 38.7 Å². The van der Waals surface area contributed by atoms with E-state index in [1.165, 1.54) is 10.8 Å². The van der Waals surface area contributed by atoms with Crippen LogP contribution in [0.1, 0.15) is 51.4 Å². The van der Waals surface area contributed by atoms with E-state index >= 15 is 0 Å². The number of benzene rings is 8. The highest BCUT2D eigenvalue weighted by Crippen LogP contribution is 2.57. The van der Waals surface area contributed by atoms with Gasteiger partial charge in [0.1, 0.15) is 17.1 Å². The molecule has 55 heavy (non-hydrogen) atoms. The molecule has 1 aliphatic carbocycles. The summed E-state index contributed by atoms with van der Waals surface area (Å²) in [5.41, 5.74) is 7.00. The Hall–Kier alpha value is -6.68. The first kappa shape index (κ1) is 31.8. The molecular formula is C52H36O3. The van der Waals surface area contributed by atoms with E-state index in [2.05, 4.69) is 164 Å². The second-order valence-corrected chi connectivity index (χ2v) is 15.0. The maximum Gasteiger partial charge on any atom is 0.178 e. The van der Waals surface area contributed by atoms with Gasteiger partial charge in [-0.3, -0.25) is 0 Å². The Bertz CT molecular complexity index is 2890. The summed E-state index contributed by atoms with van der Waals surface area (Å²) in [5.74, 6) is 1.61. The van der Waals surface area contributed by atoms with Crippen molar-refractivity contribution < 1.29 is 14.6 Å². The lowest BCUT2D eigenvalue weighted by molar-refractivity contribution is 0.105. The third-order valence-electron chi connectivity index (χ3n) is 12.0. The summed E-state index contributed by atoms with van der Waals surface area (Å²) in [4.78, 5) is 0. The molecule has 3 heteroatoms. The molecule has 0 aromatic heterocycles. The lowest BCUT2D eigenvalue weighted by Crippen LogP contribution is -2.36. The van der Waals surface area contributed by atoms with Crippen molar-refractivity contribution in [3.05, 3.63) is 227 Å². The summed E-state index contributed by atoms with van der Waals surface area (Å²) in [6.45, 7) is 1.91. The second kappa shape index (κ2) is 11.7. The number of rotatable bonds is 4. The zero-order valence-corrected chi connectivity index (χ0v) is 30.2. The fourth-order valence-corrected chi connectivity index (χ4v) is 9.37. The van der Waals surface area contributed by atoms with E-state index in [1.807, 2.05) is 37.3 Å². The Kier molecular flexibility index (Phi) is 6.74. The van der Waals surface area contributed by atoms with E-state index in [4.69, 9.17) is 9.47 Å². The third kappa shape index (κ3) is 4.48. The molecule has 3 atom stereocenters. The number of ether oxygens (including phenoxy) is 2. The molecule has 2 heterocycles. The summed E-state index contributed by atoms with van der Waals surface area (Å²) in [6, 6.07) is 58.9. The number of hydrogen-bond donors (Lipinski definition) is 1. The Balaban J connectivity index is 1.08. The van der Waals surface area contributed by atoms with Gasteiger partial charge in [-0.05, 0) is 64.1 Å². The molecular weight excluding hydrogens is 673 g/mol. The van der Waals surface area contributed by atoms with Crippen LogP contribution in [-0.2, 0) is 16.8 Å². The van der Waals surface area contributed by atoms with Gasteiger partial charge in [0.25, 0.3) is 0 Å². The summed E-state index contributed by atoms with van der Waals surface area (Å²) in [7, 11) is 0. The zero-order chi connectivity index (χ0) is 36.8. The molecule has 0 saturated carbocycles. The van der Waals surface area contributed by atoms with Crippen molar-refractivity contribution >= 4 is 33.7 Å². The van der Waals surface area contributed by atoms with Crippen LogP contribution in [0, 0.1) is 0 Å². The SMILES string of the molecule is CC1(O)c2ccccc2-c2c1c1c(c3ccccc23)OC(c2ccccc2)(c2ccc(C3(c4ccccc4)C=Cc4c(ccc5ccccc45)O3)cc2)C=C1. The van der Waals surface area contributed by atoms with Gasteiger partial charge in [-0.15, -0.1) is 0 Å². The van der Waals surface area contributed by atoms with Gasteiger partial charge in [0, 0.05) is 44.3 Å². The first-order valence-electron chi connectivity index (χ1n) is 18.9. The summed E-state index contributed by atoms with van der Waals surface area (Å²) < 4.78 is 14.6. The molecule has 0 amide bonds. The fourth-order valence-electron chi connectivity index (χ4n) is 9.37. The smallest absolute Gasteiger partial charge is 0.178 e. The lowest BCUT2D eigenvalue weighted by Gasteiger charge is -2.39. The minimum absolute atomic E-state index is 0.765. The van der Waals surface area contributed by atoms with Gasteiger partial charge in [0.05, 0.1) is 0 Å². The molecule has 11 rings (SSSR count). The summed E-state index contributed by atoms with van der Waals surface area (Å²) >= 11 is 0. The third-order valence-corrected chi connectivity index (χ3v) is 12.0. The van der Waals surface area contributed by atoms with Crippen molar-refractivity contribution in [1.82, 2.24) is 0 Å². The Labute approximate surface area is 320 Å². The lowest BCUT2D eigenvalue weighted by atomic mass is 9.78. The quantitative estimate of drug-likeness (QED) is 0.198. The van der Waals surface area contributed by atoms with Crippen LogP contribution in [0.2, 0.25) is 0 Å².